The van der Waals surface area contributed by atoms with Gasteiger partial charge in [0.15, 0.2) is 0 Å². The summed E-state index contributed by atoms with van der Waals surface area (Å²) >= 11 is 0. The van der Waals surface area contributed by atoms with Gasteiger partial charge in [-0.2, -0.15) is 9.97 Å². The summed E-state index contributed by atoms with van der Waals surface area (Å²) in [5.74, 6) is 1.08. The minimum Gasteiger partial charge on any atom is -0.481 e. The van der Waals surface area contributed by atoms with Crippen molar-refractivity contribution in [3.8, 4) is 5.88 Å². The molecule has 0 aliphatic carbocycles. The number of amides is 2. The second-order valence-corrected chi connectivity index (χ2v) is 3.71. The van der Waals surface area contributed by atoms with E-state index in [4.69, 9.17) is 10.5 Å². The Balaban J connectivity index is 2.39. The predicted octanol–water partition coefficient (Wildman–Crippen LogP) is -0.249. The molecular formula is C10H18N6O2. The lowest BCUT2D eigenvalue weighted by Gasteiger charge is -2.12. The van der Waals surface area contributed by atoms with Gasteiger partial charge in [-0.15, -0.1) is 0 Å². The number of nitrogens with two attached hydrogens (primary N) is 1. The molecule has 8 heteroatoms. The van der Waals surface area contributed by atoms with Gasteiger partial charge < -0.3 is 26.0 Å². The largest absolute Gasteiger partial charge is 0.481 e. The topological polar surface area (TPSA) is 105 Å². The third-order valence-corrected chi connectivity index (χ3v) is 2.04. The van der Waals surface area contributed by atoms with Crippen LogP contribution < -0.4 is 21.1 Å². The quantitative estimate of drug-likeness (QED) is 0.626. The first-order valence-corrected chi connectivity index (χ1v) is 5.40. The Morgan fingerprint density at radius 2 is 2.17 bits per heavy atom. The molecule has 1 rings (SSSR count). The molecule has 0 fully saturated rings. The number of rotatable bonds is 5. The van der Waals surface area contributed by atoms with Crippen molar-refractivity contribution in [2.75, 3.05) is 45.3 Å². The van der Waals surface area contributed by atoms with Gasteiger partial charge in [0.2, 0.25) is 11.8 Å². The van der Waals surface area contributed by atoms with E-state index in [0.717, 1.165) is 0 Å². The van der Waals surface area contributed by atoms with E-state index in [9.17, 15) is 4.79 Å². The normalized spacial score (nSPS) is 9.72. The fraction of sp³-hybridized carbons (Fsp3) is 0.500. The fourth-order valence-corrected chi connectivity index (χ4v) is 1.16. The molecule has 0 atom stereocenters. The zero-order valence-electron chi connectivity index (χ0n) is 10.7. The lowest BCUT2D eigenvalue weighted by molar-refractivity contribution is 0.218. The molecule has 18 heavy (non-hydrogen) atoms. The molecule has 1 heterocycles. The monoisotopic (exact) mass is 254 g/mol. The number of methoxy groups -OCH3 is 1. The molecule has 0 spiro atoms. The number of hydrogen-bond donors (Lipinski definition) is 3. The van der Waals surface area contributed by atoms with Gasteiger partial charge >= 0.3 is 6.03 Å². The van der Waals surface area contributed by atoms with Gasteiger partial charge in [0.25, 0.3) is 0 Å². The number of carbonyl (C=O) groups is 1. The van der Waals surface area contributed by atoms with E-state index in [-0.39, 0.29) is 12.0 Å². The number of carbonyl (C=O) groups excluding carboxylic acids is 1. The second-order valence-electron chi connectivity index (χ2n) is 3.71. The first kappa shape index (κ1) is 13.8. The number of nitrogens with one attached hydrogen (secondary N) is 2. The molecule has 100 valence electrons. The van der Waals surface area contributed by atoms with Gasteiger partial charge in [-0.05, 0) is 0 Å². The Hall–Kier alpha value is -2.25. The molecule has 0 saturated heterocycles. The fourth-order valence-electron chi connectivity index (χ4n) is 1.16. The molecular weight excluding hydrogens is 236 g/mol. The molecule has 0 saturated carbocycles. The highest BCUT2D eigenvalue weighted by Gasteiger charge is 2.03. The summed E-state index contributed by atoms with van der Waals surface area (Å²) in [6, 6.07) is 1.49. The van der Waals surface area contributed by atoms with Gasteiger partial charge in [-0.1, -0.05) is 0 Å². The molecule has 0 aliphatic heterocycles. The van der Waals surface area contributed by atoms with Gasteiger partial charge in [-0.3, -0.25) is 0 Å². The number of nitrogen functional groups attached to an aromatic ring is 1. The Kier molecular flexibility index (Phi) is 4.97. The second kappa shape index (κ2) is 6.48. The Morgan fingerprint density at radius 1 is 1.44 bits per heavy atom. The van der Waals surface area contributed by atoms with Crippen molar-refractivity contribution in [1.29, 1.82) is 0 Å². The Morgan fingerprint density at radius 3 is 2.78 bits per heavy atom. The smallest absolute Gasteiger partial charge is 0.316 e. The molecule has 1 aromatic rings. The lowest BCUT2D eigenvalue weighted by Crippen LogP contribution is -2.37. The summed E-state index contributed by atoms with van der Waals surface area (Å²) in [6.45, 7) is 1.00. The summed E-state index contributed by atoms with van der Waals surface area (Å²) in [5.41, 5.74) is 5.51. The molecule has 0 bridgehead atoms. The highest BCUT2D eigenvalue weighted by atomic mass is 16.5. The van der Waals surface area contributed by atoms with E-state index in [0.29, 0.717) is 24.8 Å². The molecule has 0 unspecified atom stereocenters. The Labute approximate surface area is 106 Å². The van der Waals surface area contributed by atoms with Gasteiger partial charge in [0.05, 0.1) is 7.11 Å². The van der Waals surface area contributed by atoms with Crippen molar-refractivity contribution in [2.45, 2.75) is 0 Å². The zero-order valence-corrected chi connectivity index (χ0v) is 10.7. The van der Waals surface area contributed by atoms with Crippen LogP contribution in [-0.4, -0.2) is 55.2 Å². The highest BCUT2D eigenvalue weighted by Crippen LogP contribution is 2.13. The van der Waals surface area contributed by atoms with Crippen molar-refractivity contribution in [2.24, 2.45) is 0 Å². The number of aromatic nitrogens is 2. The minimum atomic E-state index is -0.142. The first-order chi connectivity index (χ1) is 8.52. The van der Waals surface area contributed by atoms with Crippen LogP contribution in [0.1, 0.15) is 0 Å². The van der Waals surface area contributed by atoms with Gasteiger partial charge in [-0.25, -0.2) is 4.79 Å². The van der Waals surface area contributed by atoms with Crippen LogP contribution in [-0.2, 0) is 0 Å². The van der Waals surface area contributed by atoms with Gasteiger partial charge in [0, 0.05) is 33.3 Å². The van der Waals surface area contributed by atoms with E-state index in [1.54, 1.807) is 20.2 Å². The minimum absolute atomic E-state index is 0.133. The van der Waals surface area contributed by atoms with Crippen LogP contribution in [0.4, 0.5) is 16.6 Å². The van der Waals surface area contributed by atoms with Crippen LogP contribution in [0.25, 0.3) is 0 Å². The maximum absolute atomic E-state index is 11.2. The van der Waals surface area contributed by atoms with E-state index >= 15 is 0 Å². The predicted molar refractivity (Wildman–Crippen MR) is 68.6 cm³/mol. The van der Waals surface area contributed by atoms with Crippen molar-refractivity contribution >= 4 is 17.8 Å². The summed E-state index contributed by atoms with van der Waals surface area (Å²) in [5, 5.41) is 5.72. The van der Waals surface area contributed by atoms with Crippen molar-refractivity contribution in [3.63, 3.8) is 0 Å². The van der Waals surface area contributed by atoms with Crippen LogP contribution in [0.5, 0.6) is 5.88 Å². The summed E-state index contributed by atoms with van der Waals surface area (Å²) in [4.78, 5) is 20.5. The summed E-state index contributed by atoms with van der Waals surface area (Å²) < 4.78 is 4.96. The highest BCUT2D eigenvalue weighted by molar-refractivity contribution is 5.73. The maximum atomic E-state index is 11.2. The Bertz CT molecular complexity index is 409. The standard InChI is InChI=1S/C10H18N6O2/c1-16(2)10(17)13-5-4-12-7-6-8(18-3)15-9(11)14-7/h6H,4-5H2,1-3H3,(H,13,17)(H3,11,12,14,15). The maximum Gasteiger partial charge on any atom is 0.316 e. The molecule has 2 amide bonds. The van der Waals surface area contributed by atoms with E-state index in [1.165, 1.54) is 12.0 Å². The third kappa shape index (κ3) is 4.32. The van der Waals surface area contributed by atoms with Gasteiger partial charge in [0.1, 0.15) is 5.82 Å². The van der Waals surface area contributed by atoms with Crippen LogP contribution in [0.3, 0.4) is 0 Å². The number of ether oxygens (including phenoxy) is 1. The summed E-state index contributed by atoms with van der Waals surface area (Å²) in [6.07, 6.45) is 0. The third-order valence-electron chi connectivity index (χ3n) is 2.04. The van der Waals surface area contributed by atoms with Crippen molar-refractivity contribution in [3.05, 3.63) is 6.07 Å². The molecule has 1 aromatic heterocycles. The SMILES string of the molecule is COc1cc(NCCNC(=O)N(C)C)nc(N)n1. The van der Waals surface area contributed by atoms with Crippen LogP contribution in [0.2, 0.25) is 0 Å². The average molecular weight is 254 g/mol. The van der Waals surface area contributed by atoms with E-state index in [2.05, 4.69) is 20.6 Å². The first-order valence-electron chi connectivity index (χ1n) is 5.40. The molecule has 0 aliphatic rings. The van der Waals surface area contributed by atoms with Crippen molar-refractivity contribution in [1.82, 2.24) is 20.2 Å². The molecule has 4 N–H and O–H groups in total. The summed E-state index contributed by atoms with van der Waals surface area (Å²) in [7, 11) is 4.86. The van der Waals surface area contributed by atoms with Crippen LogP contribution in [0, 0.1) is 0 Å². The zero-order chi connectivity index (χ0) is 13.5. The number of nitrogens with zero attached hydrogens (tertiary/aromatic N) is 3. The van der Waals surface area contributed by atoms with Crippen molar-refractivity contribution < 1.29 is 9.53 Å². The number of anilines is 2. The number of hydrogen-bond acceptors (Lipinski definition) is 6. The van der Waals surface area contributed by atoms with E-state index in [1.807, 2.05) is 0 Å². The molecule has 0 aromatic carbocycles. The lowest BCUT2D eigenvalue weighted by atomic mass is 10.5. The molecule has 8 nitrogen and oxygen atoms in total. The van der Waals surface area contributed by atoms with Crippen LogP contribution in [0.15, 0.2) is 6.07 Å². The average Bonchev–Trinajstić information content (AvgIpc) is 2.33. The molecule has 0 radical (unpaired) electrons. The number of urea groups is 1. The van der Waals surface area contributed by atoms with Crippen LogP contribution >= 0.6 is 0 Å². The van der Waals surface area contributed by atoms with E-state index < -0.39 is 0 Å².